The number of aliphatic hydroxyl groups is 1. The van der Waals surface area contributed by atoms with Crippen molar-refractivity contribution in [2.24, 2.45) is 0 Å². The van der Waals surface area contributed by atoms with E-state index in [9.17, 15) is 9.50 Å². The molecule has 0 saturated heterocycles. The van der Waals surface area contributed by atoms with Crippen LogP contribution >= 0.6 is 0 Å². The molecule has 0 unspecified atom stereocenters. The smallest absolute Gasteiger partial charge is 0.227 e. The van der Waals surface area contributed by atoms with Gasteiger partial charge in [-0.2, -0.15) is 9.97 Å². The molecule has 1 aromatic carbocycles. The lowest BCUT2D eigenvalue weighted by Crippen LogP contribution is -2.24. The lowest BCUT2D eigenvalue weighted by Gasteiger charge is -2.17. The number of rotatable bonds is 9. The van der Waals surface area contributed by atoms with Gasteiger partial charge >= 0.3 is 0 Å². The quantitative estimate of drug-likeness (QED) is 0.315. The molecule has 9 heteroatoms. The molecule has 1 aliphatic carbocycles. The molecule has 0 spiro atoms. The second-order valence-corrected chi connectivity index (χ2v) is 9.01. The minimum Gasteiger partial charge on any atom is -0.394 e. The minimum absolute atomic E-state index is 0.00583. The average Bonchev–Trinajstić information content (AvgIpc) is 3.56. The number of nitrogens with one attached hydrogen (secondary N) is 2. The first-order valence-electron chi connectivity index (χ1n) is 12.2. The van der Waals surface area contributed by atoms with Gasteiger partial charge in [-0.15, -0.1) is 0 Å². The van der Waals surface area contributed by atoms with Crippen LogP contribution in [0.1, 0.15) is 50.6 Å². The largest absolute Gasteiger partial charge is 0.394 e. The number of anilines is 2. The second-order valence-electron chi connectivity index (χ2n) is 9.01. The first-order chi connectivity index (χ1) is 17.1. The highest BCUT2D eigenvalue weighted by atomic mass is 19.1. The summed E-state index contributed by atoms with van der Waals surface area (Å²) in [5, 5.41) is 16.3. The molecule has 3 heterocycles. The summed E-state index contributed by atoms with van der Waals surface area (Å²) in [6, 6.07) is 10.5. The predicted molar refractivity (Wildman–Crippen MR) is 135 cm³/mol. The topological polar surface area (TPSA) is 101 Å². The van der Waals surface area contributed by atoms with Crippen LogP contribution < -0.4 is 10.6 Å². The van der Waals surface area contributed by atoms with Gasteiger partial charge < -0.3 is 20.3 Å². The van der Waals surface area contributed by atoms with Crippen LogP contribution in [0.3, 0.4) is 0 Å². The van der Waals surface area contributed by atoms with E-state index in [4.69, 9.17) is 4.98 Å². The molecule has 0 amide bonds. The zero-order valence-corrected chi connectivity index (χ0v) is 19.8. The van der Waals surface area contributed by atoms with Crippen molar-refractivity contribution >= 4 is 22.9 Å². The molecule has 3 aromatic heterocycles. The van der Waals surface area contributed by atoms with E-state index in [1.807, 2.05) is 31.5 Å². The third kappa shape index (κ3) is 5.09. The third-order valence-corrected chi connectivity index (χ3v) is 6.59. The molecule has 1 aliphatic rings. The van der Waals surface area contributed by atoms with Crippen molar-refractivity contribution in [1.82, 2.24) is 24.5 Å². The molecular weight excluding hydrogens is 445 g/mol. The zero-order chi connectivity index (χ0) is 24.2. The van der Waals surface area contributed by atoms with Gasteiger partial charge in [0.15, 0.2) is 17.0 Å². The van der Waals surface area contributed by atoms with Gasteiger partial charge in [0, 0.05) is 24.3 Å². The van der Waals surface area contributed by atoms with Crippen LogP contribution in [0.2, 0.25) is 0 Å². The van der Waals surface area contributed by atoms with E-state index in [0.29, 0.717) is 30.0 Å². The van der Waals surface area contributed by atoms with Gasteiger partial charge in [0.2, 0.25) is 5.95 Å². The molecule has 5 rings (SSSR count). The summed E-state index contributed by atoms with van der Waals surface area (Å²) in [5.41, 5.74) is 3.94. The average molecular weight is 476 g/mol. The van der Waals surface area contributed by atoms with E-state index < -0.39 is 0 Å². The number of nitrogens with zero attached hydrogens (tertiary/aromatic N) is 5. The highest BCUT2D eigenvalue weighted by Crippen LogP contribution is 2.33. The normalized spacial score (nSPS) is 14.9. The number of aliphatic hydroxyl groups excluding tert-OH is 1. The molecule has 0 radical (unpaired) electrons. The van der Waals surface area contributed by atoms with E-state index in [2.05, 4.69) is 30.2 Å². The molecule has 0 aliphatic heterocycles. The third-order valence-electron chi connectivity index (χ3n) is 6.59. The van der Waals surface area contributed by atoms with Crippen LogP contribution in [-0.2, 0) is 6.54 Å². The number of benzene rings is 1. The van der Waals surface area contributed by atoms with E-state index in [-0.39, 0.29) is 18.5 Å². The molecular formula is C26H30FN7O. The van der Waals surface area contributed by atoms with Gasteiger partial charge in [0.1, 0.15) is 5.82 Å². The lowest BCUT2D eigenvalue weighted by atomic mass is 10.1. The Morgan fingerprint density at radius 1 is 1.14 bits per heavy atom. The molecule has 4 aromatic rings. The number of pyridine rings is 1. The van der Waals surface area contributed by atoms with Crippen molar-refractivity contribution in [3.05, 3.63) is 60.3 Å². The number of halogens is 1. The van der Waals surface area contributed by atoms with Gasteiger partial charge in [-0.1, -0.05) is 38.0 Å². The van der Waals surface area contributed by atoms with Gasteiger partial charge in [0.25, 0.3) is 0 Å². The maximum absolute atomic E-state index is 13.5. The number of fused-ring (bicyclic) bond motifs is 1. The Bertz CT molecular complexity index is 1280. The maximum Gasteiger partial charge on any atom is 0.227 e. The monoisotopic (exact) mass is 475 g/mol. The predicted octanol–water partition coefficient (Wildman–Crippen LogP) is 4.94. The van der Waals surface area contributed by atoms with Crippen molar-refractivity contribution in [2.75, 3.05) is 17.2 Å². The molecule has 1 fully saturated rings. The first kappa shape index (κ1) is 23.2. The molecule has 1 saturated carbocycles. The highest BCUT2D eigenvalue weighted by Gasteiger charge is 2.22. The highest BCUT2D eigenvalue weighted by molar-refractivity contribution is 5.84. The van der Waals surface area contributed by atoms with Crippen LogP contribution in [0.15, 0.2) is 48.9 Å². The van der Waals surface area contributed by atoms with Gasteiger partial charge in [-0.25, -0.2) is 9.37 Å². The minimum atomic E-state index is -0.282. The zero-order valence-electron chi connectivity index (χ0n) is 19.8. The summed E-state index contributed by atoms with van der Waals surface area (Å²) >= 11 is 0. The Kier molecular flexibility index (Phi) is 6.85. The molecule has 182 valence electrons. The second kappa shape index (κ2) is 10.4. The first-order valence-corrected chi connectivity index (χ1v) is 12.2. The standard InChI is InChI=1S/C26H30FN7O/c1-2-20(15-35)31-26-32-24(23-25(33-26)34(16-30-23)21-8-3-4-9-21)29-14-17-10-11-22(28-13-17)18-6-5-7-19(27)12-18/h5-7,10-13,16,20-21,35H,2-4,8-9,14-15H2,1H3,(H2,29,31,32,33)/t20-/m1/s1. The van der Waals surface area contributed by atoms with Crippen molar-refractivity contribution in [3.63, 3.8) is 0 Å². The number of hydrogen-bond donors (Lipinski definition) is 3. The van der Waals surface area contributed by atoms with Crippen molar-refractivity contribution < 1.29 is 9.50 Å². The van der Waals surface area contributed by atoms with E-state index >= 15 is 0 Å². The SMILES string of the molecule is CC[C@H](CO)Nc1nc(NCc2ccc(-c3cccc(F)c3)nc2)c2ncn(C3CCCC3)c2n1. The Hall–Kier alpha value is -3.59. The van der Waals surface area contributed by atoms with Crippen molar-refractivity contribution in [1.29, 1.82) is 0 Å². The van der Waals surface area contributed by atoms with Crippen LogP contribution in [0.25, 0.3) is 22.4 Å². The maximum atomic E-state index is 13.5. The van der Waals surface area contributed by atoms with E-state index in [1.165, 1.54) is 25.0 Å². The Labute approximate surface area is 203 Å². The molecule has 8 nitrogen and oxygen atoms in total. The summed E-state index contributed by atoms with van der Waals surface area (Å²) < 4.78 is 15.7. The Morgan fingerprint density at radius 2 is 2.00 bits per heavy atom. The van der Waals surface area contributed by atoms with Crippen LogP contribution in [0.5, 0.6) is 0 Å². The molecule has 35 heavy (non-hydrogen) atoms. The van der Waals surface area contributed by atoms with E-state index in [0.717, 1.165) is 41.6 Å². The van der Waals surface area contributed by atoms with Crippen molar-refractivity contribution in [3.8, 4) is 11.3 Å². The molecule has 0 bridgehead atoms. The Morgan fingerprint density at radius 3 is 2.71 bits per heavy atom. The molecule has 1 atom stereocenters. The van der Waals surface area contributed by atoms with Gasteiger partial charge in [0.05, 0.1) is 24.7 Å². The number of aromatic nitrogens is 5. The number of imidazole rings is 1. The summed E-state index contributed by atoms with van der Waals surface area (Å²) in [6.45, 7) is 2.51. The fraction of sp³-hybridized carbons (Fsp3) is 0.385. The van der Waals surface area contributed by atoms with Crippen LogP contribution in [-0.4, -0.2) is 42.3 Å². The van der Waals surface area contributed by atoms with Crippen LogP contribution in [0, 0.1) is 5.82 Å². The lowest BCUT2D eigenvalue weighted by molar-refractivity contribution is 0.271. The summed E-state index contributed by atoms with van der Waals surface area (Å²) in [7, 11) is 0. The van der Waals surface area contributed by atoms with Gasteiger partial charge in [-0.3, -0.25) is 4.98 Å². The van der Waals surface area contributed by atoms with Crippen molar-refractivity contribution in [2.45, 2.75) is 57.7 Å². The fourth-order valence-corrected chi connectivity index (χ4v) is 4.55. The van der Waals surface area contributed by atoms with E-state index in [1.54, 1.807) is 12.3 Å². The van der Waals surface area contributed by atoms with Crippen LogP contribution in [0.4, 0.5) is 16.2 Å². The Balaban J connectivity index is 1.40. The van der Waals surface area contributed by atoms with Gasteiger partial charge in [-0.05, 0) is 43.0 Å². The fourth-order valence-electron chi connectivity index (χ4n) is 4.55. The molecule has 3 N–H and O–H groups in total. The summed E-state index contributed by atoms with van der Waals surface area (Å²) in [5.74, 6) is 0.826. The summed E-state index contributed by atoms with van der Waals surface area (Å²) in [4.78, 5) is 18.6. The summed E-state index contributed by atoms with van der Waals surface area (Å²) in [6.07, 6.45) is 9.08. The number of hydrogen-bond acceptors (Lipinski definition) is 7.